The van der Waals surface area contributed by atoms with E-state index in [2.05, 4.69) is 30.1 Å². The third kappa shape index (κ3) is 4.56. The average Bonchev–Trinajstić information content (AvgIpc) is 2.54. The Morgan fingerprint density at radius 1 is 1.13 bits per heavy atom. The van der Waals surface area contributed by atoms with Crippen molar-refractivity contribution in [3.8, 4) is 0 Å². The second-order valence-corrected chi connectivity index (χ2v) is 8.13. The minimum atomic E-state index is -3.43. The molecule has 0 N–H and O–H groups in total. The van der Waals surface area contributed by atoms with Crippen molar-refractivity contribution in [3.05, 3.63) is 53.7 Å². The average molecular weight is 351 g/mol. The van der Waals surface area contributed by atoms with E-state index in [4.69, 9.17) is 0 Å². The second-order valence-electron chi connectivity index (χ2n) is 5.20. The Balaban J connectivity index is 2.08. The molecule has 0 saturated heterocycles. The second kappa shape index (κ2) is 7.95. The Morgan fingerprint density at radius 3 is 2.43 bits per heavy atom. The van der Waals surface area contributed by atoms with Crippen molar-refractivity contribution in [1.29, 1.82) is 0 Å². The van der Waals surface area contributed by atoms with Crippen LogP contribution in [0.15, 0.2) is 52.5 Å². The summed E-state index contributed by atoms with van der Waals surface area (Å²) >= 11 is 1.60. The van der Waals surface area contributed by atoms with Gasteiger partial charge in [0, 0.05) is 25.0 Å². The molecule has 1 aromatic heterocycles. The number of thioether (sulfide) groups is 1. The van der Waals surface area contributed by atoms with Gasteiger partial charge in [-0.25, -0.2) is 13.4 Å². The molecule has 0 unspecified atom stereocenters. The van der Waals surface area contributed by atoms with Crippen LogP contribution in [0.4, 0.5) is 0 Å². The highest BCUT2D eigenvalue weighted by Crippen LogP contribution is 2.23. The quantitative estimate of drug-likeness (QED) is 0.714. The zero-order valence-electron chi connectivity index (χ0n) is 13.7. The van der Waals surface area contributed by atoms with Gasteiger partial charge in [0.15, 0.2) is 0 Å². The summed E-state index contributed by atoms with van der Waals surface area (Å²) < 4.78 is 26.2. The summed E-state index contributed by atoms with van der Waals surface area (Å²) in [7, 11) is -3.43. The number of rotatable bonds is 7. The number of aryl methyl sites for hydroxylation is 1. The van der Waals surface area contributed by atoms with E-state index in [-0.39, 0.29) is 4.90 Å². The van der Waals surface area contributed by atoms with Crippen LogP contribution in [0.1, 0.15) is 25.0 Å². The van der Waals surface area contributed by atoms with E-state index in [0.29, 0.717) is 13.1 Å². The summed E-state index contributed by atoms with van der Waals surface area (Å²) in [4.78, 5) is 4.54. The molecule has 0 atom stereocenters. The smallest absolute Gasteiger partial charge is 0.244 e. The zero-order valence-corrected chi connectivity index (χ0v) is 15.3. The number of aromatic nitrogens is 1. The molecule has 0 fully saturated rings. The van der Waals surface area contributed by atoms with Crippen molar-refractivity contribution in [2.45, 2.75) is 36.4 Å². The maximum absolute atomic E-state index is 12.4. The van der Waals surface area contributed by atoms with Gasteiger partial charge in [-0.05, 0) is 24.6 Å². The van der Waals surface area contributed by atoms with Crippen LogP contribution < -0.4 is 0 Å². The van der Waals surface area contributed by atoms with Crippen molar-refractivity contribution in [2.75, 3.05) is 13.1 Å². The van der Waals surface area contributed by atoms with Gasteiger partial charge in [-0.2, -0.15) is 4.31 Å². The van der Waals surface area contributed by atoms with E-state index in [1.54, 1.807) is 23.9 Å². The summed E-state index contributed by atoms with van der Waals surface area (Å²) in [6, 6.07) is 11.7. The van der Waals surface area contributed by atoms with Crippen LogP contribution in [0.5, 0.6) is 0 Å². The van der Waals surface area contributed by atoms with Gasteiger partial charge in [-0.3, -0.25) is 0 Å². The number of nitrogens with zero attached hydrogens (tertiary/aromatic N) is 2. The Hall–Kier alpha value is -1.37. The third-order valence-electron chi connectivity index (χ3n) is 3.52. The third-order valence-corrected chi connectivity index (χ3v) is 6.57. The highest BCUT2D eigenvalue weighted by atomic mass is 32.2. The maximum Gasteiger partial charge on any atom is 0.244 e. The lowest BCUT2D eigenvalue weighted by Gasteiger charge is -2.18. The highest BCUT2D eigenvalue weighted by Gasteiger charge is 2.21. The summed E-state index contributed by atoms with van der Waals surface area (Å²) in [5.41, 5.74) is 2.47. The van der Waals surface area contributed by atoms with Crippen molar-refractivity contribution in [2.24, 2.45) is 0 Å². The highest BCUT2D eigenvalue weighted by molar-refractivity contribution is 7.98. The standard InChI is InChI=1S/C17H22N2O2S2/c1-4-19(5-2)23(20,21)16-9-10-17(18-12-16)22-13-15-8-6-7-14(3)11-15/h6-12H,4-5,13H2,1-3H3. The van der Waals surface area contributed by atoms with Gasteiger partial charge < -0.3 is 0 Å². The van der Waals surface area contributed by atoms with E-state index in [1.165, 1.54) is 21.6 Å². The molecule has 0 spiro atoms. The van der Waals surface area contributed by atoms with Crippen LogP contribution in [0.25, 0.3) is 0 Å². The normalized spacial score (nSPS) is 11.8. The van der Waals surface area contributed by atoms with E-state index in [1.807, 2.05) is 19.9 Å². The topological polar surface area (TPSA) is 50.3 Å². The minimum Gasteiger partial charge on any atom is -0.249 e. The SMILES string of the molecule is CCN(CC)S(=O)(=O)c1ccc(SCc2cccc(C)c2)nc1. The summed E-state index contributed by atoms with van der Waals surface area (Å²) in [5, 5.41) is 0.824. The van der Waals surface area contributed by atoms with Crippen LogP contribution in [-0.4, -0.2) is 30.8 Å². The predicted octanol–water partition coefficient (Wildman–Crippen LogP) is 3.71. The lowest BCUT2D eigenvalue weighted by molar-refractivity contribution is 0.445. The molecule has 0 amide bonds. The molecule has 2 aromatic rings. The van der Waals surface area contributed by atoms with Gasteiger partial charge >= 0.3 is 0 Å². The molecule has 0 aliphatic rings. The maximum atomic E-state index is 12.4. The van der Waals surface area contributed by atoms with Crippen LogP contribution in [0.3, 0.4) is 0 Å². The summed E-state index contributed by atoms with van der Waals surface area (Å²) in [6.45, 7) is 6.66. The molecule has 1 aromatic carbocycles. The number of benzene rings is 1. The van der Waals surface area contributed by atoms with Crippen LogP contribution in [0.2, 0.25) is 0 Å². The van der Waals surface area contributed by atoms with Crippen molar-refractivity contribution >= 4 is 21.8 Å². The van der Waals surface area contributed by atoms with Gasteiger partial charge in [-0.15, -0.1) is 11.8 Å². The molecule has 6 heteroatoms. The van der Waals surface area contributed by atoms with E-state index in [9.17, 15) is 8.42 Å². The van der Waals surface area contributed by atoms with Crippen molar-refractivity contribution in [3.63, 3.8) is 0 Å². The minimum absolute atomic E-state index is 0.251. The fourth-order valence-corrected chi connectivity index (χ4v) is 4.47. The molecular formula is C17H22N2O2S2. The number of hydrogen-bond acceptors (Lipinski definition) is 4. The van der Waals surface area contributed by atoms with Gasteiger partial charge in [0.1, 0.15) is 4.90 Å². The molecule has 0 saturated carbocycles. The van der Waals surface area contributed by atoms with Gasteiger partial charge in [0.2, 0.25) is 10.0 Å². The van der Waals surface area contributed by atoms with E-state index < -0.39 is 10.0 Å². The molecule has 124 valence electrons. The van der Waals surface area contributed by atoms with Gasteiger partial charge in [0.05, 0.1) is 5.03 Å². The van der Waals surface area contributed by atoms with Gasteiger partial charge in [0.25, 0.3) is 0 Å². The fourth-order valence-electron chi connectivity index (χ4n) is 2.28. The first-order valence-electron chi connectivity index (χ1n) is 7.62. The summed E-state index contributed by atoms with van der Waals surface area (Å²) in [6.07, 6.45) is 1.45. The lowest BCUT2D eigenvalue weighted by Crippen LogP contribution is -2.30. The van der Waals surface area contributed by atoms with E-state index in [0.717, 1.165) is 10.8 Å². The number of hydrogen-bond donors (Lipinski definition) is 0. The first kappa shape index (κ1) is 18.0. The molecule has 0 radical (unpaired) electrons. The predicted molar refractivity (Wildman–Crippen MR) is 95.1 cm³/mol. The largest absolute Gasteiger partial charge is 0.249 e. The first-order chi connectivity index (χ1) is 11.0. The number of pyridine rings is 1. The van der Waals surface area contributed by atoms with Crippen molar-refractivity contribution in [1.82, 2.24) is 9.29 Å². The Kier molecular flexibility index (Phi) is 6.21. The van der Waals surface area contributed by atoms with Crippen LogP contribution in [0, 0.1) is 6.92 Å². The Bertz CT molecular complexity index is 739. The zero-order chi connectivity index (χ0) is 16.9. The van der Waals surface area contributed by atoms with Crippen molar-refractivity contribution < 1.29 is 8.42 Å². The monoisotopic (exact) mass is 350 g/mol. The fraction of sp³-hybridized carbons (Fsp3) is 0.353. The van der Waals surface area contributed by atoms with Gasteiger partial charge in [-0.1, -0.05) is 43.7 Å². The number of sulfonamides is 1. The molecular weight excluding hydrogens is 328 g/mol. The van der Waals surface area contributed by atoms with Crippen LogP contribution in [-0.2, 0) is 15.8 Å². The molecule has 1 heterocycles. The molecule has 0 aliphatic heterocycles. The Labute approximate surface area is 143 Å². The Morgan fingerprint density at radius 2 is 1.87 bits per heavy atom. The van der Waals surface area contributed by atoms with Crippen LogP contribution >= 0.6 is 11.8 Å². The lowest BCUT2D eigenvalue weighted by atomic mass is 10.2. The molecule has 0 aliphatic carbocycles. The molecule has 4 nitrogen and oxygen atoms in total. The summed E-state index contributed by atoms with van der Waals surface area (Å²) in [5.74, 6) is 0.816. The van der Waals surface area contributed by atoms with E-state index >= 15 is 0 Å². The molecule has 0 bridgehead atoms. The first-order valence-corrected chi connectivity index (χ1v) is 10.0. The molecule has 23 heavy (non-hydrogen) atoms. The molecule has 2 rings (SSSR count).